The van der Waals surface area contributed by atoms with Crippen molar-refractivity contribution in [3.63, 3.8) is 0 Å². The summed E-state index contributed by atoms with van der Waals surface area (Å²) in [7, 11) is 0. The first-order chi connectivity index (χ1) is 17.2. The van der Waals surface area contributed by atoms with Gasteiger partial charge in [0.2, 0.25) is 10.5 Å². The standard InChI is InChI=1S/C31H48Cl2O4/c1-19(2)12-9-13-20(3)14-10-15-21(4)16-11-17-30(8)31(28(32)35,29(33)36)18-25-24(7)26(34)22(5)23(6)27(25)37-30/h19-21,34H,9-18H2,1-8H3/t20-,21+,30-/m0/s1. The second-order valence-corrected chi connectivity index (χ2v) is 13.0. The number of halogens is 2. The molecule has 0 radical (unpaired) electrons. The number of carbonyl (C=O) groups is 2. The van der Waals surface area contributed by atoms with Crippen molar-refractivity contribution in [1.82, 2.24) is 0 Å². The Bertz CT molecular complexity index is 957. The Morgan fingerprint density at radius 1 is 0.838 bits per heavy atom. The molecule has 3 atom stereocenters. The zero-order chi connectivity index (χ0) is 28.1. The highest BCUT2D eigenvalue weighted by atomic mass is 35.5. The lowest BCUT2D eigenvalue weighted by Gasteiger charge is -2.48. The Morgan fingerprint density at radius 3 is 1.81 bits per heavy atom. The van der Waals surface area contributed by atoms with Gasteiger partial charge in [-0.2, -0.15) is 0 Å². The first-order valence-corrected chi connectivity index (χ1v) is 14.8. The summed E-state index contributed by atoms with van der Waals surface area (Å²) < 4.78 is 6.53. The van der Waals surface area contributed by atoms with Crippen LogP contribution >= 0.6 is 23.2 Å². The molecule has 0 aromatic heterocycles. The number of fused-ring (bicyclic) bond motifs is 1. The number of phenols is 1. The van der Waals surface area contributed by atoms with Gasteiger partial charge in [-0.3, -0.25) is 9.59 Å². The molecule has 1 aromatic carbocycles. The molecular formula is C31H48Cl2O4. The number of carbonyl (C=O) groups excluding carboxylic acids is 2. The molecule has 37 heavy (non-hydrogen) atoms. The molecule has 0 bridgehead atoms. The summed E-state index contributed by atoms with van der Waals surface area (Å²) in [6.07, 6.45) is 9.85. The van der Waals surface area contributed by atoms with Gasteiger partial charge in [-0.05, 0) is 98.2 Å². The fourth-order valence-corrected chi connectivity index (χ4v) is 6.70. The average molecular weight is 556 g/mol. The van der Waals surface area contributed by atoms with Crippen molar-refractivity contribution in [3.05, 3.63) is 22.3 Å². The van der Waals surface area contributed by atoms with E-state index in [-0.39, 0.29) is 12.2 Å². The zero-order valence-corrected chi connectivity index (χ0v) is 25.7. The van der Waals surface area contributed by atoms with E-state index in [0.717, 1.165) is 35.8 Å². The van der Waals surface area contributed by atoms with Gasteiger partial charge in [-0.25, -0.2) is 0 Å². The summed E-state index contributed by atoms with van der Waals surface area (Å²) in [6, 6.07) is 0. The third-order valence-corrected chi connectivity index (χ3v) is 9.55. The predicted molar refractivity (Wildman–Crippen MR) is 154 cm³/mol. The van der Waals surface area contributed by atoms with Gasteiger partial charge in [-0.15, -0.1) is 0 Å². The molecule has 0 aliphatic carbocycles. The number of rotatable bonds is 14. The van der Waals surface area contributed by atoms with Crippen LogP contribution in [0.15, 0.2) is 0 Å². The fraction of sp³-hybridized carbons (Fsp3) is 0.742. The predicted octanol–water partition coefficient (Wildman–Crippen LogP) is 8.97. The number of ether oxygens (including phenoxy) is 1. The number of hydrogen-bond acceptors (Lipinski definition) is 4. The molecule has 0 spiro atoms. The minimum atomic E-state index is -1.71. The minimum Gasteiger partial charge on any atom is -0.507 e. The summed E-state index contributed by atoms with van der Waals surface area (Å²) in [5.41, 5.74) is -0.144. The van der Waals surface area contributed by atoms with Crippen LogP contribution in [0.1, 0.15) is 115 Å². The van der Waals surface area contributed by atoms with Crippen molar-refractivity contribution in [1.29, 1.82) is 0 Å². The molecule has 1 aliphatic rings. The smallest absolute Gasteiger partial charge is 0.241 e. The molecular weight excluding hydrogens is 507 g/mol. The number of hydrogen-bond donors (Lipinski definition) is 1. The van der Waals surface area contributed by atoms with Gasteiger partial charge < -0.3 is 9.84 Å². The number of aromatic hydroxyl groups is 1. The molecule has 1 heterocycles. The SMILES string of the molecule is Cc1c(C)c2c(c(C)c1O)CC(C(=O)Cl)(C(=O)Cl)[C@](C)(CCC[C@H](C)CCC[C@@H](C)CCCC(C)C)O2. The maximum Gasteiger partial charge on any atom is 0.241 e. The van der Waals surface area contributed by atoms with Crippen LogP contribution in [0.4, 0.5) is 0 Å². The Balaban J connectivity index is 2.10. The van der Waals surface area contributed by atoms with Gasteiger partial charge in [0.05, 0.1) is 0 Å². The Hall–Kier alpha value is -1.26. The van der Waals surface area contributed by atoms with Crippen LogP contribution in [0, 0.1) is 43.9 Å². The van der Waals surface area contributed by atoms with Gasteiger partial charge in [0.15, 0.2) is 5.41 Å². The molecule has 0 saturated heterocycles. The van der Waals surface area contributed by atoms with E-state index < -0.39 is 21.5 Å². The number of benzene rings is 1. The van der Waals surface area contributed by atoms with Crippen molar-refractivity contribution in [3.8, 4) is 11.5 Å². The van der Waals surface area contributed by atoms with Crippen LogP contribution in [0.5, 0.6) is 11.5 Å². The van der Waals surface area contributed by atoms with Gasteiger partial charge in [0.25, 0.3) is 0 Å². The molecule has 4 nitrogen and oxygen atoms in total. The maximum atomic E-state index is 12.9. The minimum absolute atomic E-state index is 0.0221. The maximum absolute atomic E-state index is 12.9. The van der Waals surface area contributed by atoms with E-state index in [1.54, 1.807) is 13.8 Å². The average Bonchev–Trinajstić information content (AvgIpc) is 2.80. The van der Waals surface area contributed by atoms with E-state index >= 15 is 0 Å². The first-order valence-electron chi connectivity index (χ1n) is 14.1. The van der Waals surface area contributed by atoms with Crippen LogP contribution < -0.4 is 4.74 Å². The fourth-order valence-electron chi connectivity index (χ4n) is 5.95. The van der Waals surface area contributed by atoms with Gasteiger partial charge >= 0.3 is 0 Å². The van der Waals surface area contributed by atoms with E-state index in [2.05, 4.69) is 27.7 Å². The third-order valence-electron chi connectivity index (χ3n) is 8.91. The molecule has 2 rings (SSSR count). The summed E-state index contributed by atoms with van der Waals surface area (Å²) in [6.45, 7) is 16.5. The topological polar surface area (TPSA) is 63.6 Å². The van der Waals surface area contributed by atoms with Crippen molar-refractivity contribution >= 4 is 33.7 Å². The monoisotopic (exact) mass is 554 g/mol. The van der Waals surface area contributed by atoms with Gasteiger partial charge in [0.1, 0.15) is 17.1 Å². The zero-order valence-electron chi connectivity index (χ0n) is 24.2. The molecule has 210 valence electrons. The van der Waals surface area contributed by atoms with Crippen molar-refractivity contribution in [2.45, 2.75) is 125 Å². The lowest BCUT2D eigenvalue weighted by Crippen LogP contribution is -2.60. The molecule has 0 amide bonds. The highest BCUT2D eigenvalue weighted by Gasteiger charge is 2.62. The molecule has 6 heteroatoms. The van der Waals surface area contributed by atoms with Gasteiger partial charge in [-0.1, -0.05) is 72.6 Å². The molecule has 0 unspecified atom stereocenters. The van der Waals surface area contributed by atoms with Gasteiger partial charge in [0, 0.05) is 12.0 Å². The molecule has 0 saturated carbocycles. The van der Waals surface area contributed by atoms with E-state index in [9.17, 15) is 14.7 Å². The Labute approximate surface area is 234 Å². The van der Waals surface area contributed by atoms with E-state index in [0.29, 0.717) is 29.2 Å². The van der Waals surface area contributed by atoms with Crippen LogP contribution in [0.2, 0.25) is 0 Å². The normalized spacial score (nSPS) is 20.3. The second-order valence-electron chi connectivity index (χ2n) is 12.4. The number of phenolic OH excluding ortho intramolecular Hbond substituents is 1. The van der Waals surface area contributed by atoms with Crippen LogP contribution in [0.25, 0.3) is 0 Å². The largest absolute Gasteiger partial charge is 0.507 e. The molecule has 0 fully saturated rings. The quantitative estimate of drug-likeness (QED) is 0.184. The van der Waals surface area contributed by atoms with E-state index in [4.69, 9.17) is 27.9 Å². The van der Waals surface area contributed by atoms with Crippen LogP contribution in [-0.2, 0) is 16.0 Å². The Morgan fingerprint density at radius 2 is 1.32 bits per heavy atom. The van der Waals surface area contributed by atoms with Crippen LogP contribution in [0.3, 0.4) is 0 Å². The van der Waals surface area contributed by atoms with Crippen molar-refractivity contribution < 1.29 is 19.4 Å². The first kappa shape index (κ1) is 32.0. The highest BCUT2D eigenvalue weighted by Crippen LogP contribution is 2.54. The van der Waals surface area contributed by atoms with Crippen LogP contribution in [-0.4, -0.2) is 21.2 Å². The second kappa shape index (κ2) is 13.2. The highest BCUT2D eigenvalue weighted by molar-refractivity contribution is 6.74. The molecule has 1 N–H and O–H groups in total. The lowest BCUT2D eigenvalue weighted by atomic mass is 9.65. The molecule has 1 aliphatic heterocycles. The summed E-state index contributed by atoms with van der Waals surface area (Å²) in [5.74, 6) is 2.85. The van der Waals surface area contributed by atoms with Crippen molar-refractivity contribution in [2.24, 2.45) is 23.2 Å². The lowest BCUT2D eigenvalue weighted by molar-refractivity contribution is -0.149. The summed E-state index contributed by atoms with van der Waals surface area (Å²) in [4.78, 5) is 25.7. The van der Waals surface area contributed by atoms with Crippen molar-refractivity contribution in [2.75, 3.05) is 0 Å². The third kappa shape index (κ3) is 7.04. The van der Waals surface area contributed by atoms with E-state index in [1.807, 2.05) is 13.8 Å². The Kier molecular flexibility index (Phi) is 11.4. The van der Waals surface area contributed by atoms with E-state index in [1.165, 1.54) is 38.5 Å². The molecule has 1 aromatic rings. The summed E-state index contributed by atoms with van der Waals surface area (Å²) >= 11 is 12.3. The summed E-state index contributed by atoms with van der Waals surface area (Å²) in [5, 5.41) is 8.98.